The van der Waals surface area contributed by atoms with Crippen molar-refractivity contribution in [3.05, 3.63) is 22.5 Å². The number of anilines is 1. The van der Waals surface area contributed by atoms with Crippen molar-refractivity contribution in [1.29, 1.82) is 0 Å². The Bertz CT molecular complexity index is 457. The van der Waals surface area contributed by atoms with Gasteiger partial charge in [-0.15, -0.1) is 11.3 Å². The molecule has 0 saturated carbocycles. The fourth-order valence-electron chi connectivity index (χ4n) is 0.952. The zero-order valence-electron chi connectivity index (χ0n) is 8.14. The fraction of sp³-hybridized carbons (Fsp3) is 0.250. The molecule has 0 saturated heterocycles. The van der Waals surface area contributed by atoms with E-state index < -0.39 is 0 Å². The lowest BCUT2D eigenvalue weighted by atomic mass is 10.4. The lowest BCUT2D eigenvalue weighted by Crippen LogP contribution is -2.11. The second-order valence-electron chi connectivity index (χ2n) is 2.91. The Kier molecular flexibility index (Phi) is 2.46. The minimum atomic E-state index is -0.370. The molecule has 0 aromatic carbocycles. The normalized spacial score (nSPS) is 10.3. The summed E-state index contributed by atoms with van der Waals surface area (Å²) in [4.78, 5) is 16.7. The van der Waals surface area contributed by atoms with Crippen LogP contribution in [-0.4, -0.2) is 21.2 Å². The number of aromatic nitrogens is 3. The lowest BCUT2D eigenvalue weighted by Gasteiger charge is -1.94. The number of carbonyl (C=O) groups is 1. The van der Waals surface area contributed by atoms with E-state index in [1.54, 1.807) is 0 Å². The highest BCUT2D eigenvalue weighted by Gasteiger charge is 2.12. The zero-order valence-corrected chi connectivity index (χ0v) is 8.96. The van der Waals surface area contributed by atoms with Crippen molar-refractivity contribution < 1.29 is 9.42 Å². The highest BCUT2D eigenvalue weighted by molar-refractivity contribution is 7.15. The van der Waals surface area contributed by atoms with Gasteiger partial charge in [0.15, 0.2) is 10.8 Å². The van der Waals surface area contributed by atoms with Gasteiger partial charge in [-0.2, -0.15) is 0 Å². The van der Waals surface area contributed by atoms with Crippen LogP contribution in [0.1, 0.15) is 21.1 Å². The Balaban J connectivity index is 2.13. The Labute approximate surface area is 89.3 Å². The Morgan fingerprint density at radius 3 is 2.87 bits per heavy atom. The smallest absolute Gasteiger partial charge is 0.281 e. The Morgan fingerprint density at radius 2 is 2.33 bits per heavy atom. The van der Waals surface area contributed by atoms with Crippen molar-refractivity contribution in [2.45, 2.75) is 13.8 Å². The standard InChI is InChI=1S/C8H8N4O2S/c1-4-5(2)15-8(10-4)11-7(13)6-3-9-14-12-6/h3H,1-2H3,(H,10,11,13). The predicted octanol–water partition coefficient (Wildman–Crippen LogP) is 1.40. The van der Waals surface area contributed by atoms with Crippen molar-refractivity contribution in [2.24, 2.45) is 0 Å². The molecule has 0 bridgehead atoms. The van der Waals surface area contributed by atoms with Crippen LogP contribution in [0.4, 0.5) is 5.13 Å². The first kappa shape index (κ1) is 9.78. The maximum Gasteiger partial charge on any atom is 0.281 e. The van der Waals surface area contributed by atoms with Gasteiger partial charge in [-0.3, -0.25) is 10.1 Å². The van der Waals surface area contributed by atoms with Crippen LogP contribution < -0.4 is 5.32 Å². The molecule has 0 aliphatic heterocycles. The average molecular weight is 224 g/mol. The molecule has 1 N–H and O–H groups in total. The molecule has 1 amide bonds. The van der Waals surface area contributed by atoms with E-state index in [1.165, 1.54) is 17.5 Å². The van der Waals surface area contributed by atoms with Crippen molar-refractivity contribution in [1.82, 2.24) is 15.3 Å². The summed E-state index contributed by atoms with van der Waals surface area (Å²) in [6.45, 7) is 3.83. The van der Waals surface area contributed by atoms with Gasteiger partial charge >= 0.3 is 0 Å². The largest absolute Gasteiger partial charge is 0.296 e. The quantitative estimate of drug-likeness (QED) is 0.833. The monoisotopic (exact) mass is 224 g/mol. The van der Waals surface area contributed by atoms with Crippen LogP contribution in [0.25, 0.3) is 0 Å². The van der Waals surface area contributed by atoms with Gasteiger partial charge in [-0.05, 0) is 19.0 Å². The van der Waals surface area contributed by atoms with Gasteiger partial charge < -0.3 is 0 Å². The van der Waals surface area contributed by atoms with E-state index in [2.05, 4.69) is 25.2 Å². The fourth-order valence-corrected chi connectivity index (χ4v) is 1.76. The molecule has 2 aromatic rings. The molecule has 2 heterocycles. The summed E-state index contributed by atoms with van der Waals surface area (Å²) in [5, 5.41) is 9.93. The SMILES string of the molecule is Cc1nc(NC(=O)c2cnon2)sc1C. The summed E-state index contributed by atoms with van der Waals surface area (Å²) in [5.41, 5.74) is 1.05. The number of hydrogen-bond acceptors (Lipinski definition) is 6. The highest BCUT2D eigenvalue weighted by atomic mass is 32.1. The molecule has 2 aromatic heterocycles. The van der Waals surface area contributed by atoms with E-state index in [9.17, 15) is 4.79 Å². The van der Waals surface area contributed by atoms with Gasteiger partial charge in [-0.1, -0.05) is 5.16 Å². The van der Waals surface area contributed by atoms with E-state index in [4.69, 9.17) is 0 Å². The molecule has 0 radical (unpaired) electrons. The van der Waals surface area contributed by atoms with Gasteiger partial charge in [0.05, 0.1) is 5.69 Å². The molecule has 7 heteroatoms. The molecule has 0 unspecified atom stereocenters. The molecule has 2 rings (SSSR count). The molecule has 15 heavy (non-hydrogen) atoms. The Hall–Kier alpha value is -1.76. The third kappa shape index (κ3) is 2.01. The van der Waals surface area contributed by atoms with Gasteiger partial charge in [0.2, 0.25) is 0 Å². The molecule has 0 atom stereocenters. The summed E-state index contributed by atoms with van der Waals surface area (Å²) in [7, 11) is 0. The highest BCUT2D eigenvalue weighted by Crippen LogP contribution is 2.21. The van der Waals surface area contributed by atoms with Crippen LogP contribution in [-0.2, 0) is 0 Å². The molecule has 0 aliphatic carbocycles. The third-order valence-electron chi connectivity index (χ3n) is 1.84. The maximum atomic E-state index is 11.5. The molecule has 0 spiro atoms. The molecule has 6 nitrogen and oxygen atoms in total. The number of hydrogen-bond donors (Lipinski definition) is 1. The minimum absolute atomic E-state index is 0.139. The van der Waals surface area contributed by atoms with Crippen LogP contribution in [0.15, 0.2) is 10.8 Å². The van der Waals surface area contributed by atoms with E-state index >= 15 is 0 Å². The summed E-state index contributed by atoms with van der Waals surface area (Å²) in [6.07, 6.45) is 1.25. The lowest BCUT2D eigenvalue weighted by molar-refractivity contribution is 0.101. The van der Waals surface area contributed by atoms with E-state index in [0.717, 1.165) is 10.6 Å². The van der Waals surface area contributed by atoms with Gasteiger partial charge in [0.25, 0.3) is 5.91 Å². The van der Waals surface area contributed by atoms with Gasteiger partial charge in [0, 0.05) is 4.88 Å². The zero-order chi connectivity index (χ0) is 10.8. The number of aryl methyl sites for hydroxylation is 2. The van der Waals surface area contributed by atoms with Crippen LogP contribution in [0.3, 0.4) is 0 Å². The molecule has 78 valence electrons. The average Bonchev–Trinajstić information content (AvgIpc) is 2.77. The predicted molar refractivity (Wildman–Crippen MR) is 53.8 cm³/mol. The summed E-state index contributed by atoms with van der Waals surface area (Å²) in [5.74, 6) is -0.370. The van der Waals surface area contributed by atoms with Crippen LogP contribution in [0.2, 0.25) is 0 Å². The van der Waals surface area contributed by atoms with Crippen LogP contribution >= 0.6 is 11.3 Å². The first-order valence-corrected chi connectivity index (χ1v) is 5.01. The van der Waals surface area contributed by atoms with E-state index in [0.29, 0.717) is 5.13 Å². The Morgan fingerprint density at radius 1 is 1.53 bits per heavy atom. The van der Waals surface area contributed by atoms with Gasteiger partial charge in [-0.25, -0.2) is 9.61 Å². The first-order chi connectivity index (χ1) is 7.16. The maximum absolute atomic E-state index is 11.5. The number of nitrogens with zero attached hydrogens (tertiary/aromatic N) is 3. The van der Waals surface area contributed by atoms with Crippen molar-refractivity contribution in [2.75, 3.05) is 5.32 Å². The number of carbonyl (C=O) groups excluding carboxylic acids is 1. The van der Waals surface area contributed by atoms with E-state index in [-0.39, 0.29) is 11.6 Å². The topological polar surface area (TPSA) is 80.9 Å². The molecular weight excluding hydrogens is 216 g/mol. The number of amides is 1. The summed E-state index contributed by atoms with van der Waals surface area (Å²) < 4.78 is 4.32. The van der Waals surface area contributed by atoms with Crippen molar-refractivity contribution in [3.63, 3.8) is 0 Å². The summed E-state index contributed by atoms with van der Waals surface area (Å²) >= 11 is 1.42. The second-order valence-corrected chi connectivity index (χ2v) is 4.11. The van der Waals surface area contributed by atoms with Crippen molar-refractivity contribution >= 4 is 22.4 Å². The van der Waals surface area contributed by atoms with Crippen LogP contribution in [0, 0.1) is 13.8 Å². The second kappa shape index (κ2) is 3.77. The summed E-state index contributed by atoms with van der Waals surface area (Å²) in [6, 6.07) is 0. The van der Waals surface area contributed by atoms with Gasteiger partial charge in [0.1, 0.15) is 6.20 Å². The number of rotatable bonds is 2. The molecule has 0 aliphatic rings. The van der Waals surface area contributed by atoms with Crippen LogP contribution in [0.5, 0.6) is 0 Å². The third-order valence-corrected chi connectivity index (χ3v) is 2.83. The molecule has 0 fully saturated rings. The number of thiazole rings is 1. The number of nitrogens with one attached hydrogen (secondary N) is 1. The first-order valence-electron chi connectivity index (χ1n) is 4.20. The molecular formula is C8H8N4O2S. The van der Waals surface area contributed by atoms with Crippen molar-refractivity contribution in [3.8, 4) is 0 Å². The minimum Gasteiger partial charge on any atom is -0.296 e. The van der Waals surface area contributed by atoms with E-state index in [1.807, 2.05) is 13.8 Å².